The first-order valence-corrected chi connectivity index (χ1v) is 9.65. The van der Waals surface area contributed by atoms with Crippen LogP contribution in [0, 0.1) is 17.9 Å². The predicted molar refractivity (Wildman–Crippen MR) is 110 cm³/mol. The van der Waals surface area contributed by atoms with E-state index in [9.17, 15) is 9.59 Å². The van der Waals surface area contributed by atoms with E-state index in [0.29, 0.717) is 5.56 Å². The van der Waals surface area contributed by atoms with E-state index in [4.69, 9.17) is 16.7 Å². The molecule has 2 aromatic carbocycles. The zero-order valence-electron chi connectivity index (χ0n) is 16.4. The summed E-state index contributed by atoms with van der Waals surface area (Å²) in [6.07, 6.45) is 0.820. The summed E-state index contributed by atoms with van der Waals surface area (Å²) in [7, 11) is 0. The van der Waals surface area contributed by atoms with E-state index in [2.05, 4.69) is 6.07 Å². The van der Waals surface area contributed by atoms with Gasteiger partial charge in [0.2, 0.25) is 0 Å². The number of Topliss-reactive ketones (excluding diaryl/α,β-unsaturated/α-hetero) is 1. The zero-order valence-corrected chi connectivity index (χ0v) is 17.1. The van der Waals surface area contributed by atoms with E-state index in [0.717, 1.165) is 12.0 Å². The Hall–Kier alpha value is -2.13. The van der Waals surface area contributed by atoms with Crippen LogP contribution in [0.15, 0.2) is 54.6 Å². The number of halogens is 1. The molecule has 4 atom stereocenters. The van der Waals surface area contributed by atoms with Crippen LogP contribution in [0.3, 0.4) is 0 Å². The van der Waals surface area contributed by atoms with Crippen molar-refractivity contribution in [2.45, 2.75) is 45.4 Å². The molecule has 0 aliphatic carbocycles. The molecule has 0 fully saturated rings. The molecule has 3 nitrogen and oxygen atoms in total. The molecule has 0 amide bonds. The van der Waals surface area contributed by atoms with Gasteiger partial charge in [-0.2, -0.15) is 0 Å². The van der Waals surface area contributed by atoms with Crippen LogP contribution in [0.2, 0.25) is 0 Å². The lowest BCUT2D eigenvalue weighted by molar-refractivity contribution is -0.137. The number of ketones is 1. The Bertz CT molecular complexity index is 671. The second-order valence-corrected chi connectivity index (χ2v) is 7.23. The third-order valence-electron chi connectivity index (χ3n) is 4.87. The smallest absolute Gasteiger partial charge is 0.321 e. The average Bonchev–Trinajstić information content (AvgIpc) is 2.72. The lowest BCUT2D eigenvalue weighted by Crippen LogP contribution is -2.25. The molecule has 27 heavy (non-hydrogen) atoms. The molecular formula is C23H28ClO3. The van der Waals surface area contributed by atoms with Crippen LogP contribution < -0.4 is 0 Å². The summed E-state index contributed by atoms with van der Waals surface area (Å²) in [5, 5.41) is 8.06. The Morgan fingerprint density at radius 3 is 1.96 bits per heavy atom. The maximum absolute atomic E-state index is 12.1. The molecule has 0 aliphatic heterocycles. The summed E-state index contributed by atoms with van der Waals surface area (Å²) >= 11 is 5.90. The largest absolute Gasteiger partial charge is 0.480 e. The minimum Gasteiger partial charge on any atom is -0.480 e. The molecule has 0 aliphatic rings. The monoisotopic (exact) mass is 387 g/mol. The van der Waals surface area contributed by atoms with E-state index in [1.54, 1.807) is 0 Å². The van der Waals surface area contributed by atoms with E-state index < -0.39 is 11.3 Å². The highest BCUT2D eigenvalue weighted by molar-refractivity contribution is 6.29. The van der Waals surface area contributed by atoms with E-state index in [-0.39, 0.29) is 23.5 Å². The van der Waals surface area contributed by atoms with Crippen LogP contribution >= 0.6 is 11.6 Å². The van der Waals surface area contributed by atoms with Crippen LogP contribution in [-0.2, 0) is 4.79 Å². The van der Waals surface area contributed by atoms with Gasteiger partial charge < -0.3 is 5.11 Å². The molecule has 4 heteroatoms. The fraction of sp³-hybridized carbons (Fsp3) is 0.391. The van der Waals surface area contributed by atoms with Crippen molar-refractivity contribution in [2.75, 3.05) is 0 Å². The molecule has 145 valence electrons. The molecule has 2 aromatic rings. The number of carbonyl (C=O) groups excluding carboxylic acids is 1. The highest BCUT2D eigenvalue weighted by Crippen LogP contribution is 2.29. The Morgan fingerprint density at radius 1 is 1.04 bits per heavy atom. The summed E-state index contributed by atoms with van der Waals surface area (Å²) in [6.45, 7) is 7.70. The Morgan fingerprint density at radius 2 is 1.59 bits per heavy atom. The summed E-state index contributed by atoms with van der Waals surface area (Å²) in [5.41, 5.74) is 1.70. The van der Waals surface area contributed by atoms with Crippen LogP contribution in [0.25, 0.3) is 0 Å². The van der Waals surface area contributed by atoms with Crippen LogP contribution in [0.5, 0.6) is 0 Å². The van der Waals surface area contributed by atoms with Crippen molar-refractivity contribution >= 4 is 23.4 Å². The quantitative estimate of drug-likeness (QED) is 0.480. The number of carboxylic acids is 1. The number of aliphatic carboxylic acids is 1. The molecule has 1 N–H and O–H groups in total. The van der Waals surface area contributed by atoms with Gasteiger partial charge in [0.15, 0.2) is 5.78 Å². The van der Waals surface area contributed by atoms with Gasteiger partial charge in [-0.25, -0.2) is 0 Å². The van der Waals surface area contributed by atoms with Crippen molar-refractivity contribution in [3.8, 4) is 0 Å². The van der Waals surface area contributed by atoms with Gasteiger partial charge in [-0.05, 0) is 29.9 Å². The number of alkyl halides is 1. The number of rotatable bonds is 7. The highest BCUT2D eigenvalue weighted by atomic mass is 35.5. The number of hydrogen-bond acceptors (Lipinski definition) is 2. The zero-order chi connectivity index (χ0) is 20.4. The SMILES string of the molecule is CCC(C)C(=O)c1ccc(C(C)C(C)C(Cl)C(=O)O)cc1.[c]1ccccc1. The summed E-state index contributed by atoms with van der Waals surface area (Å²) in [4.78, 5) is 23.0. The number of carboxylic acid groups (broad SMARTS) is 1. The van der Waals surface area contributed by atoms with Crippen molar-refractivity contribution in [1.29, 1.82) is 0 Å². The molecule has 4 unspecified atom stereocenters. The Kier molecular flexibility index (Phi) is 9.81. The maximum Gasteiger partial charge on any atom is 0.321 e. The van der Waals surface area contributed by atoms with Gasteiger partial charge in [-0.15, -0.1) is 11.6 Å². The van der Waals surface area contributed by atoms with Gasteiger partial charge in [0.1, 0.15) is 5.38 Å². The van der Waals surface area contributed by atoms with Crippen LogP contribution in [0.4, 0.5) is 0 Å². The lowest BCUT2D eigenvalue weighted by Gasteiger charge is -2.22. The molecule has 0 heterocycles. The second-order valence-electron chi connectivity index (χ2n) is 6.76. The minimum atomic E-state index is -1.00. The first-order chi connectivity index (χ1) is 12.8. The van der Waals surface area contributed by atoms with E-state index in [1.807, 2.05) is 82.3 Å². The fourth-order valence-electron chi connectivity index (χ4n) is 2.54. The molecule has 1 radical (unpaired) electrons. The lowest BCUT2D eigenvalue weighted by atomic mass is 9.85. The molecule has 0 aromatic heterocycles. The van der Waals surface area contributed by atoms with Crippen molar-refractivity contribution in [3.63, 3.8) is 0 Å². The minimum absolute atomic E-state index is 0.0105. The first kappa shape index (κ1) is 22.9. The molecule has 2 rings (SSSR count). The number of benzene rings is 2. The summed E-state index contributed by atoms with van der Waals surface area (Å²) in [6, 6.07) is 19.9. The van der Waals surface area contributed by atoms with Crippen molar-refractivity contribution in [1.82, 2.24) is 0 Å². The van der Waals surface area contributed by atoms with Gasteiger partial charge in [-0.1, -0.05) is 82.3 Å². The summed E-state index contributed by atoms with van der Waals surface area (Å²) in [5.74, 6) is -1.02. The average molecular weight is 388 g/mol. The third kappa shape index (κ3) is 7.18. The topological polar surface area (TPSA) is 54.4 Å². The van der Waals surface area contributed by atoms with Crippen LogP contribution in [-0.4, -0.2) is 22.2 Å². The Balaban J connectivity index is 0.000000511. The van der Waals surface area contributed by atoms with Gasteiger partial charge in [-0.3, -0.25) is 9.59 Å². The van der Waals surface area contributed by atoms with Gasteiger partial charge in [0.05, 0.1) is 0 Å². The molecule has 0 saturated carbocycles. The molecular weight excluding hydrogens is 360 g/mol. The normalized spacial score (nSPS) is 14.9. The van der Waals surface area contributed by atoms with Crippen molar-refractivity contribution in [3.05, 3.63) is 71.8 Å². The van der Waals surface area contributed by atoms with E-state index in [1.165, 1.54) is 0 Å². The Labute approximate surface area is 167 Å². The molecule has 0 spiro atoms. The van der Waals surface area contributed by atoms with E-state index >= 15 is 0 Å². The van der Waals surface area contributed by atoms with Gasteiger partial charge in [0.25, 0.3) is 0 Å². The maximum atomic E-state index is 12.1. The predicted octanol–water partition coefficient (Wildman–Crippen LogP) is 5.83. The highest BCUT2D eigenvalue weighted by Gasteiger charge is 2.27. The van der Waals surface area contributed by atoms with Crippen LogP contribution in [0.1, 0.15) is 56.0 Å². The van der Waals surface area contributed by atoms with Crippen molar-refractivity contribution < 1.29 is 14.7 Å². The molecule has 0 bridgehead atoms. The number of carbonyl (C=O) groups is 2. The van der Waals surface area contributed by atoms with Crippen molar-refractivity contribution in [2.24, 2.45) is 11.8 Å². The summed E-state index contributed by atoms with van der Waals surface area (Å²) < 4.78 is 0. The second kappa shape index (κ2) is 11.6. The van der Waals surface area contributed by atoms with Gasteiger partial charge >= 0.3 is 5.97 Å². The first-order valence-electron chi connectivity index (χ1n) is 9.21. The third-order valence-corrected chi connectivity index (χ3v) is 5.46. The number of hydrogen-bond donors (Lipinski definition) is 1. The fourth-order valence-corrected chi connectivity index (χ4v) is 2.76. The standard InChI is InChI=1S/C17H23ClO3.C6H5/c1-5-10(2)16(19)14-8-6-13(7-9-14)11(3)12(4)15(18)17(20)21;1-2-4-6-5-3-1/h6-12,15H,5H2,1-4H3,(H,20,21);1-5H. The molecule has 0 saturated heterocycles. The van der Waals surface area contributed by atoms with Gasteiger partial charge in [0, 0.05) is 11.5 Å².